The van der Waals surface area contributed by atoms with E-state index in [2.05, 4.69) is 0 Å². The van der Waals surface area contributed by atoms with E-state index in [1.165, 1.54) is 12.1 Å². The summed E-state index contributed by atoms with van der Waals surface area (Å²) in [6.07, 6.45) is 2.30. The van der Waals surface area contributed by atoms with Gasteiger partial charge in [-0.05, 0) is 31.4 Å². The van der Waals surface area contributed by atoms with Gasteiger partial charge in [0.05, 0.1) is 0 Å². The van der Waals surface area contributed by atoms with Crippen LogP contribution in [0, 0.1) is 0 Å². The molecule has 0 heterocycles. The molecule has 0 fully saturated rings. The van der Waals surface area contributed by atoms with Crippen molar-refractivity contribution in [2.24, 2.45) is 5.73 Å². The average molecular weight is 179 g/mol. The van der Waals surface area contributed by atoms with Crippen molar-refractivity contribution in [2.45, 2.75) is 25.3 Å². The summed E-state index contributed by atoms with van der Waals surface area (Å²) in [5.41, 5.74) is 7.46. The Balaban J connectivity index is 2.51. The largest absolute Gasteiger partial charge is 0.508 e. The molecule has 1 aliphatic carbocycles. The summed E-state index contributed by atoms with van der Waals surface area (Å²) in [6, 6.07) is 3.16. The molecule has 0 unspecified atom stereocenters. The zero-order chi connectivity index (χ0) is 9.42. The molecule has 1 aliphatic rings. The first-order valence-corrected chi connectivity index (χ1v) is 4.46. The van der Waals surface area contributed by atoms with Gasteiger partial charge < -0.3 is 15.9 Å². The number of nitrogens with two attached hydrogens (primary N) is 1. The van der Waals surface area contributed by atoms with Crippen LogP contribution >= 0.6 is 0 Å². The Morgan fingerprint density at radius 3 is 2.46 bits per heavy atom. The van der Waals surface area contributed by atoms with E-state index in [-0.39, 0.29) is 17.5 Å². The van der Waals surface area contributed by atoms with Crippen molar-refractivity contribution >= 4 is 0 Å². The lowest BCUT2D eigenvalue weighted by Gasteiger charge is -2.22. The lowest BCUT2D eigenvalue weighted by Crippen LogP contribution is -2.27. The molecule has 0 radical (unpaired) electrons. The third kappa shape index (κ3) is 1.35. The summed E-state index contributed by atoms with van der Waals surface area (Å²) >= 11 is 0. The Bertz CT molecular complexity index is 336. The highest BCUT2D eigenvalue weighted by Crippen LogP contribution is 2.34. The second-order valence-corrected chi connectivity index (χ2v) is 3.56. The molecule has 4 N–H and O–H groups in total. The molecule has 0 aliphatic heterocycles. The van der Waals surface area contributed by atoms with E-state index in [4.69, 9.17) is 5.73 Å². The minimum atomic E-state index is 0.111. The van der Waals surface area contributed by atoms with Crippen molar-refractivity contribution in [3.8, 4) is 11.5 Å². The molecule has 0 aromatic heterocycles. The highest BCUT2D eigenvalue weighted by atomic mass is 16.3. The quantitative estimate of drug-likeness (QED) is 0.519. The predicted molar refractivity (Wildman–Crippen MR) is 49.8 cm³/mol. The number of hydrogen-bond acceptors (Lipinski definition) is 3. The SMILES string of the molecule is N[C@@H]1CCc2c(O)ccc(O)c2C1. The molecule has 0 spiro atoms. The van der Waals surface area contributed by atoms with E-state index in [0.29, 0.717) is 6.42 Å². The molecule has 0 amide bonds. The summed E-state index contributed by atoms with van der Waals surface area (Å²) < 4.78 is 0. The smallest absolute Gasteiger partial charge is 0.119 e. The monoisotopic (exact) mass is 179 g/mol. The zero-order valence-corrected chi connectivity index (χ0v) is 7.33. The van der Waals surface area contributed by atoms with Gasteiger partial charge >= 0.3 is 0 Å². The Morgan fingerprint density at radius 1 is 1.15 bits per heavy atom. The lowest BCUT2D eigenvalue weighted by molar-refractivity contribution is 0.432. The summed E-state index contributed by atoms with van der Waals surface area (Å²) in [7, 11) is 0. The van der Waals surface area contributed by atoms with Crippen LogP contribution in [0.3, 0.4) is 0 Å². The van der Waals surface area contributed by atoms with Gasteiger partial charge in [0.2, 0.25) is 0 Å². The maximum Gasteiger partial charge on any atom is 0.119 e. The van der Waals surface area contributed by atoms with Crippen LogP contribution in [-0.2, 0) is 12.8 Å². The van der Waals surface area contributed by atoms with E-state index >= 15 is 0 Å². The minimum Gasteiger partial charge on any atom is -0.508 e. The molecule has 1 aromatic rings. The molecule has 2 rings (SSSR count). The Hall–Kier alpha value is -1.22. The van der Waals surface area contributed by atoms with Crippen molar-refractivity contribution in [3.05, 3.63) is 23.3 Å². The van der Waals surface area contributed by atoms with Gasteiger partial charge in [-0.15, -0.1) is 0 Å². The fourth-order valence-corrected chi connectivity index (χ4v) is 1.87. The van der Waals surface area contributed by atoms with Crippen LogP contribution in [0.25, 0.3) is 0 Å². The van der Waals surface area contributed by atoms with Crippen LogP contribution in [0.15, 0.2) is 12.1 Å². The second-order valence-electron chi connectivity index (χ2n) is 3.56. The Kier molecular flexibility index (Phi) is 1.88. The van der Waals surface area contributed by atoms with E-state index in [1.807, 2.05) is 0 Å². The predicted octanol–water partition coefficient (Wildman–Crippen LogP) is 0.914. The van der Waals surface area contributed by atoms with Crippen molar-refractivity contribution < 1.29 is 10.2 Å². The molecule has 1 atom stereocenters. The van der Waals surface area contributed by atoms with Gasteiger partial charge in [0.15, 0.2) is 0 Å². The van der Waals surface area contributed by atoms with Gasteiger partial charge in [-0.1, -0.05) is 0 Å². The molecule has 3 heteroatoms. The van der Waals surface area contributed by atoms with Crippen LogP contribution in [-0.4, -0.2) is 16.3 Å². The van der Waals surface area contributed by atoms with Gasteiger partial charge in [-0.2, -0.15) is 0 Å². The number of rotatable bonds is 0. The van der Waals surface area contributed by atoms with Crippen molar-refractivity contribution in [1.29, 1.82) is 0 Å². The minimum absolute atomic E-state index is 0.111. The molecule has 70 valence electrons. The summed E-state index contributed by atoms with van der Waals surface area (Å²) in [6.45, 7) is 0. The number of hydrogen-bond donors (Lipinski definition) is 3. The molecule has 13 heavy (non-hydrogen) atoms. The number of aromatic hydroxyl groups is 2. The standard InChI is InChI=1S/C10H13NO2/c11-6-1-2-7-8(5-6)10(13)4-3-9(7)12/h3-4,6,12-13H,1-2,5,11H2/t6-/m1/s1. The Morgan fingerprint density at radius 2 is 1.77 bits per heavy atom. The molecular weight excluding hydrogens is 166 g/mol. The first-order valence-electron chi connectivity index (χ1n) is 4.46. The average Bonchev–Trinajstić information content (AvgIpc) is 2.12. The number of benzene rings is 1. The van der Waals surface area contributed by atoms with Crippen LogP contribution in [0.1, 0.15) is 17.5 Å². The van der Waals surface area contributed by atoms with Crippen molar-refractivity contribution in [3.63, 3.8) is 0 Å². The van der Waals surface area contributed by atoms with Crippen molar-refractivity contribution in [1.82, 2.24) is 0 Å². The van der Waals surface area contributed by atoms with E-state index in [9.17, 15) is 10.2 Å². The highest BCUT2D eigenvalue weighted by molar-refractivity contribution is 5.49. The van der Waals surface area contributed by atoms with E-state index < -0.39 is 0 Å². The normalized spacial score (nSPS) is 21.2. The topological polar surface area (TPSA) is 66.5 Å². The number of phenols is 2. The van der Waals surface area contributed by atoms with Gasteiger partial charge in [0.1, 0.15) is 11.5 Å². The van der Waals surface area contributed by atoms with Crippen LogP contribution < -0.4 is 5.73 Å². The van der Waals surface area contributed by atoms with Gasteiger partial charge in [-0.3, -0.25) is 0 Å². The summed E-state index contributed by atoms with van der Waals surface area (Å²) in [5, 5.41) is 19.0. The third-order valence-corrected chi connectivity index (χ3v) is 2.61. The molecule has 1 aromatic carbocycles. The van der Waals surface area contributed by atoms with Crippen molar-refractivity contribution in [2.75, 3.05) is 0 Å². The fourth-order valence-electron chi connectivity index (χ4n) is 1.87. The molecule has 0 saturated carbocycles. The summed E-state index contributed by atoms with van der Waals surface area (Å²) in [4.78, 5) is 0. The number of fused-ring (bicyclic) bond motifs is 1. The molecule has 0 bridgehead atoms. The second kappa shape index (κ2) is 2.92. The first kappa shape index (κ1) is 8.38. The lowest BCUT2D eigenvalue weighted by atomic mass is 9.87. The van der Waals surface area contributed by atoms with E-state index in [0.717, 1.165) is 24.0 Å². The maximum atomic E-state index is 9.53. The molecule has 0 saturated heterocycles. The van der Waals surface area contributed by atoms with Crippen LogP contribution in [0.2, 0.25) is 0 Å². The van der Waals surface area contributed by atoms with Gasteiger partial charge in [0, 0.05) is 17.2 Å². The number of phenolic OH excluding ortho intramolecular Hbond substituents is 2. The molecular formula is C10H13NO2. The van der Waals surface area contributed by atoms with Gasteiger partial charge in [-0.25, -0.2) is 0 Å². The highest BCUT2D eigenvalue weighted by Gasteiger charge is 2.20. The van der Waals surface area contributed by atoms with Gasteiger partial charge in [0.25, 0.3) is 0 Å². The third-order valence-electron chi connectivity index (χ3n) is 2.61. The Labute approximate surface area is 76.8 Å². The zero-order valence-electron chi connectivity index (χ0n) is 7.33. The van der Waals surface area contributed by atoms with Crippen LogP contribution in [0.5, 0.6) is 11.5 Å². The molecule has 3 nitrogen and oxygen atoms in total. The first-order chi connectivity index (χ1) is 6.18. The summed E-state index contributed by atoms with van der Waals surface area (Å²) in [5.74, 6) is 0.530. The fraction of sp³-hybridized carbons (Fsp3) is 0.400. The maximum absolute atomic E-state index is 9.53. The van der Waals surface area contributed by atoms with Crippen LogP contribution in [0.4, 0.5) is 0 Å². The van der Waals surface area contributed by atoms with E-state index in [1.54, 1.807) is 0 Å².